The van der Waals surface area contributed by atoms with Gasteiger partial charge in [0.2, 0.25) is 0 Å². The van der Waals surface area contributed by atoms with Crippen LogP contribution < -0.4 is 9.08 Å². The van der Waals surface area contributed by atoms with Crippen LogP contribution >= 0.6 is 0 Å². The molecule has 1 aliphatic carbocycles. The molecule has 210 valence electrons. The summed E-state index contributed by atoms with van der Waals surface area (Å²) in [5.74, 6) is 0.108. The Bertz CT molecular complexity index is 1460. The number of anilines is 1. The highest BCUT2D eigenvalue weighted by Gasteiger charge is 2.40. The van der Waals surface area contributed by atoms with Gasteiger partial charge in [0.1, 0.15) is 5.75 Å². The van der Waals surface area contributed by atoms with E-state index in [0.717, 1.165) is 27.9 Å². The number of ether oxygens (including phenoxy) is 1. The number of alkyl halides is 3. The number of benzene rings is 3. The van der Waals surface area contributed by atoms with Crippen LogP contribution in [0.3, 0.4) is 0 Å². The fourth-order valence-corrected chi connectivity index (χ4v) is 5.78. The van der Waals surface area contributed by atoms with Crippen molar-refractivity contribution < 1.29 is 31.1 Å². The number of nitrogens with zero attached hydrogens (tertiary/aromatic N) is 1. The minimum Gasteiger partial charge on any atom is -0.466 e. The standard InChI is InChI=1S/C31H30F3NO4S/c1-19-16-24(22-9-10-22)11-14-28(19)35-20(2)17-25-18-26(39-40(37)31(32,33)34)12-13-27(25)30(35)23-7-4-21(5-8-23)6-15-29(36)38-3/h4-8,11-16,18,20,22,30H,9-10,17H2,1-3H3/b15-6+/t20-,30?,40?/m1/s1. The van der Waals surface area contributed by atoms with E-state index in [1.165, 1.54) is 43.2 Å². The van der Waals surface area contributed by atoms with E-state index in [-0.39, 0.29) is 17.8 Å². The van der Waals surface area contributed by atoms with E-state index in [1.54, 1.807) is 18.2 Å². The Labute approximate surface area is 234 Å². The highest BCUT2D eigenvalue weighted by molar-refractivity contribution is 7.81. The maximum Gasteiger partial charge on any atom is 0.508 e. The third-order valence-corrected chi connectivity index (χ3v) is 8.17. The molecule has 40 heavy (non-hydrogen) atoms. The van der Waals surface area contributed by atoms with E-state index in [1.807, 2.05) is 24.3 Å². The van der Waals surface area contributed by atoms with E-state index in [0.29, 0.717) is 12.3 Å². The van der Waals surface area contributed by atoms with E-state index >= 15 is 0 Å². The number of halogens is 3. The van der Waals surface area contributed by atoms with Crippen LogP contribution in [-0.2, 0) is 27.0 Å². The van der Waals surface area contributed by atoms with Crippen molar-refractivity contribution in [2.24, 2.45) is 0 Å². The Morgan fingerprint density at radius 2 is 1.73 bits per heavy atom. The van der Waals surface area contributed by atoms with Crippen LogP contribution in [0.25, 0.3) is 6.08 Å². The second-order valence-electron chi connectivity index (χ2n) is 10.3. The maximum absolute atomic E-state index is 12.9. The van der Waals surface area contributed by atoms with Gasteiger partial charge < -0.3 is 13.8 Å². The molecule has 1 aliphatic heterocycles. The SMILES string of the molecule is COC(=O)/C=C/c1ccc(C2c3ccc(OS(=O)C(F)(F)F)cc3C[C@@H](C)N2c2ccc(C3CC3)cc2C)cc1. The summed E-state index contributed by atoms with van der Waals surface area (Å²) < 4.78 is 59.6. The molecule has 0 aromatic heterocycles. The van der Waals surface area contributed by atoms with Gasteiger partial charge in [0, 0.05) is 17.8 Å². The van der Waals surface area contributed by atoms with Crippen LogP contribution in [0.15, 0.2) is 66.7 Å². The average molecular weight is 570 g/mol. The van der Waals surface area contributed by atoms with Gasteiger partial charge in [-0.3, -0.25) is 0 Å². The van der Waals surface area contributed by atoms with Crippen molar-refractivity contribution >= 4 is 28.8 Å². The molecule has 3 aromatic carbocycles. The molecule has 2 unspecified atom stereocenters. The topological polar surface area (TPSA) is 55.8 Å². The van der Waals surface area contributed by atoms with Gasteiger partial charge >= 0.3 is 22.6 Å². The Morgan fingerprint density at radius 3 is 2.35 bits per heavy atom. The average Bonchev–Trinajstić information content (AvgIpc) is 3.77. The van der Waals surface area contributed by atoms with Gasteiger partial charge in [-0.1, -0.05) is 42.5 Å². The Kier molecular flexibility index (Phi) is 7.77. The van der Waals surface area contributed by atoms with Crippen molar-refractivity contribution in [3.8, 4) is 5.75 Å². The molecule has 0 spiro atoms. The van der Waals surface area contributed by atoms with Gasteiger partial charge in [-0.25, -0.2) is 9.00 Å². The molecule has 0 amide bonds. The molecule has 1 saturated carbocycles. The molecule has 2 aliphatic rings. The van der Waals surface area contributed by atoms with Crippen LogP contribution in [0.5, 0.6) is 5.75 Å². The van der Waals surface area contributed by atoms with Crippen LogP contribution in [0.2, 0.25) is 0 Å². The molecule has 0 saturated heterocycles. The zero-order valence-electron chi connectivity index (χ0n) is 22.4. The number of esters is 1. The molecule has 0 radical (unpaired) electrons. The summed E-state index contributed by atoms with van der Waals surface area (Å²) in [7, 11) is 1.32. The molecule has 1 heterocycles. The van der Waals surface area contributed by atoms with E-state index in [9.17, 15) is 22.2 Å². The van der Waals surface area contributed by atoms with Gasteiger partial charge in [-0.05, 0) is 96.7 Å². The third kappa shape index (κ3) is 5.94. The third-order valence-electron chi connectivity index (χ3n) is 7.45. The van der Waals surface area contributed by atoms with Crippen LogP contribution in [0.4, 0.5) is 18.9 Å². The molecule has 3 aromatic rings. The van der Waals surface area contributed by atoms with Crippen LogP contribution in [-0.4, -0.2) is 28.8 Å². The number of aryl methyl sites for hydroxylation is 1. The van der Waals surface area contributed by atoms with Crippen molar-refractivity contribution in [3.05, 3.63) is 100 Å². The molecule has 5 nitrogen and oxygen atoms in total. The summed E-state index contributed by atoms with van der Waals surface area (Å²) in [4.78, 5) is 13.9. The Balaban J connectivity index is 1.55. The lowest BCUT2D eigenvalue weighted by molar-refractivity contribution is -0.134. The number of carbonyl (C=O) groups is 1. The fourth-order valence-electron chi connectivity index (χ4n) is 5.41. The highest BCUT2D eigenvalue weighted by Crippen LogP contribution is 2.45. The first kappa shape index (κ1) is 28.0. The summed E-state index contributed by atoms with van der Waals surface area (Å²) in [6.45, 7) is 4.21. The quantitative estimate of drug-likeness (QED) is 0.223. The lowest BCUT2D eigenvalue weighted by Gasteiger charge is -2.45. The van der Waals surface area contributed by atoms with Gasteiger partial charge in [0.15, 0.2) is 0 Å². The van der Waals surface area contributed by atoms with E-state index in [2.05, 4.69) is 41.7 Å². The second-order valence-corrected chi connectivity index (χ2v) is 11.4. The van der Waals surface area contributed by atoms with E-state index < -0.39 is 22.6 Å². The molecule has 1 fully saturated rings. The normalized spacial score (nSPS) is 19.8. The van der Waals surface area contributed by atoms with E-state index in [4.69, 9.17) is 4.18 Å². The van der Waals surface area contributed by atoms with Crippen molar-refractivity contribution in [1.29, 1.82) is 0 Å². The van der Waals surface area contributed by atoms with Gasteiger partial charge in [-0.15, -0.1) is 0 Å². The Morgan fingerprint density at radius 1 is 1.02 bits per heavy atom. The monoisotopic (exact) mass is 569 g/mol. The number of carbonyl (C=O) groups excluding carboxylic acids is 1. The molecule has 3 atom stereocenters. The zero-order valence-corrected chi connectivity index (χ0v) is 23.2. The minimum absolute atomic E-state index is 0.00485. The first-order chi connectivity index (χ1) is 19.0. The number of methoxy groups -OCH3 is 1. The lowest BCUT2D eigenvalue weighted by Crippen LogP contribution is -2.43. The molecule has 0 N–H and O–H groups in total. The minimum atomic E-state index is -4.96. The summed E-state index contributed by atoms with van der Waals surface area (Å²) in [6.07, 6.45) is 6.04. The number of hydrogen-bond acceptors (Lipinski definition) is 5. The van der Waals surface area contributed by atoms with Crippen molar-refractivity contribution in [3.63, 3.8) is 0 Å². The van der Waals surface area contributed by atoms with Crippen LogP contribution in [0, 0.1) is 6.92 Å². The highest BCUT2D eigenvalue weighted by atomic mass is 32.2. The molecule has 0 bridgehead atoms. The van der Waals surface area contributed by atoms with Gasteiger partial charge in [-0.2, -0.15) is 13.2 Å². The largest absolute Gasteiger partial charge is 0.508 e. The second kappa shape index (κ2) is 11.1. The molecule has 9 heteroatoms. The Hall–Kier alpha value is -3.59. The van der Waals surface area contributed by atoms with Crippen molar-refractivity contribution in [2.45, 2.75) is 56.6 Å². The molecule has 5 rings (SSSR count). The van der Waals surface area contributed by atoms with Crippen LogP contribution in [0.1, 0.15) is 65.1 Å². The smallest absolute Gasteiger partial charge is 0.466 e. The summed E-state index contributed by atoms with van der Waals surface area (Å²) in [5.41, 5.74) is 2.25. The summed E-state index contributed by atoms with van der Waals surface area (Å²) in [6, 6.07) is 19.0. The zero-order chi connectivity index (χ0) is 28.6. The first-order valence-corrected chi connectivity index (χ1v) is 14.2. The number of hydrogen-bond donors (Lipinski definition) is 0. The fraction of sp³-hybridized carbons (Fsp3) is 0.323. The predicted octanol–water partition coefficient (Wildman–Crippen LogP) is 7.16. The van der Waals surface area contributed by atoms with Gasteiger partial charge in [0.25, 0.3) is 0 Å². The molecular weight excluding hydrogens is 539 g/mol. The maximum atomic E-state index is 12.9. The summed E-state index contributed by atoms with van der Waals surface area (Å²) >= 11 is -3.44. The number of rotatable bonds is 7. The summed E-state index contributed by atoms with van der Waals surface area (Å²) in [5, 5.41) is 0. The lowest BCUT2D eigenvalue weighted by atomic mass is 9.84. The van der Waals surface area contributed by atoms with Gasteiger partial charge in [0.05, 0.1) is 13.2 Å². The first-order valence-electron chi connectivity index (χ1n) is 13.1. The van der Waals surface area contributed by atoms with Crippen molar-refractivity contribution in [1.82, 2.24) is 0 Å². The predicted molar refractivity (Wildman–Crippen MR) is 149 cm³/mol. The number of fused-ring (bicyclic) bond motifs is 1. The van der Waals surface area contributed by atoms with Crippen molar-refractivity contribution in [2.75, 3.05) is 12.0 Å². The molecular formula is C31H30F3NO4S.